The standard InChI is InChI=1S/C15H24N2O2.ClH/c1-4-12(2)14(16)15(18)17(3)10-11-19-13-8-6-5-7-9-13;/h5-9,12,14H,4,10-11,16H2,1-3H3;1H. The third kappa shape index (κ3) is 5.80. The second-order valence-corrected chi connectivity index (χ2v) is 4.83. The summed E-state index contributed by atoms with van der Waals surface area (Å²) in [4.78, 5) is 13.7. The Morgan fingerprint density at radius 3 is 2.50 bits per heavy atom. The molecule has 0 heterocycles. The van der Waals surface area contributed by atoms with Gasteiger partial charge in [-0.2, -0.15) is 0 Å². The van der Waals surface area contributed by atoms with Crippen molar-refractivity contribution in [3.8, 4) is 5.75 Å². The normalized spacial score (nSPS) is 13.0. The molecule has 0 aromatic heterocycles. The zero-order valence-electron chi connectivity index (χ0n) is 12.4. The van der Waals surface area contributed by atoms with Crippen molar-refractivity contribution in [1.82, 2.24) is 4.90 Å². The van der Waals surface area contributed by atoms with E-state index in [0.717, 1.165) is 12.2 Å². The number of para-hydroxylation sites is 1. The number of carbonyl (C=O) groups is 1. The molecule has 5 heteroatoms. The number of hydrogen-bond acceptors (Lipinski definition) is 3. The highest BCUT2D eigenvalue weighted by Gasteiger charge is 2.22. The topological polar surface area (TPSA) is 55.6 Å². The Bertz CT molecular complexity index is 387. The van der Waals surface area contributed by atoms with E-state index in [0.29, 0.717) is 13.2 Å². The van der Waals surface area contributed by atoms with Crippen molar-refractivity contribution in [3.05, 3.63) is 30.3 Å². The minimum Gasteiger partial charge on any atom is -0.492 e. The first-order valence-corrected chi connectivity index (χ1v) is 6.74. The lowest BCUT2D eigenvalue weighted by Crippen LogP contribution is -2.46. The van der Waals surface area contributed by atoms with Gasteiger partial charge in [0.2, 0.25) is 5.91 Å². The van der Waals surface area contributed by atoms with Crippen molar-refractivity contribution >= 4 is 18.3 Å². The maximum absolute atomic E-state index is 12.0. The van der Waals surface area contributed by atoms with Gasteiger partial charge in [-0.05, 0) is 18.1 Å². The molecule has 114 valence electrons. The Hall–Kier alpha value is -1.26. The summed E-state index contributed by atoms with van der Waals surface area (Å²) >= 11 is 0. The fraction of sp³-hybridized carbons (Fsp3) is 0.533. The molecule has 2 atom stereocenters. The summed E-state index contributed by atoms with van der Waals surface area (Å²) in [5.74, 6) is 0.991. The van der Waals surface area contributed by atoms with E-state index in [9.17, 15) is 4.79 Å². The van der Waals surface area contributed by atoms with E-state index in [-0.39, 0.29) is 24.2 Å². The van der Waals surface area contributed by atoms with Crippen LogP contribution in [0.1, 0.15) is 20.3 Å². The first kappa shape index (κ1) is 18.7. The number of benzene rings is 1. The Labute approximate surface area is 127 Å². The largest absolute Gasteiger partial charge is 0.492 e. The zero-order valence-corrected chi connectivity index (χ0v) is 13.2. The summed E-state index contributed by atoms with van der Waals surface area (Å²) in [6.45, 7) is 5.05. The third-order valence-corrected chi connectivity index (χ3v) is 3.36. The van der Waals surface area contributed by atoms with Crippen LogP contribution in [0.4, 0.5) is 0 Å². The fourth-order valence-corrected chi connectivity index (χ4v) is 1.68. The zero-order chi connectivity index (χ0) is 14.3. The van der Waals surface area contributed by atoms with Crippen molar-refractivity contribution in [2.75, 3.05) is 20.2 Å². The quantitative estimate of drug-likeness (QED) is 0.841. The number of hydrogen-bond donors (Lipinski definition) is 1. The van der Waals surface area contributed by atoms with Crippen molar-refractivity contribution in [2.24, 2.45) is 11.7 Å². The van der Waals surface area contributed by atoms with E-state index < -0.39 is 6.04 Å². The van der Waals surface area contributed by atoms with Gasteiger partial charge in [0.05, 0.1) is 12.6 Å². The Balaban J connectivity index is 0.00000361. The van der Waals surface area contributed by atoms with Crippen molar-refractivity contribution in [3.63, 3.8) is 0 Å². The van der Waals surface area contributed by atoms with Gasteiger partial charge < -0.3 is 15.4 Å². The first-order chi connectivity index (χ1) is 9.06. The average molecular weight is 301 g/mol. The maximum atomic E-state index is 12.0. The molecule has 0 saturated carbocycles. The highest BCUT2D eigenvalue weighted by atomic mass is 35.5. The van der Waals surface area contributed by atoms with Crippen LogP contribution in [0.25, 0.3) is 0 Å². The highest BCUT2D eigenvalue weighted by molar-refractivity contribution is 5.85. The number of rotatable bonds is 7. The fourth-order valence-electron chi connectivity index (χ4n) is 1.68. The predicted molar refractivity (Wildman–Crippen MR) is 84.3 cm³/mol. The molecule has 0 fully saturated rings. The molecule has 0 aliphatic carbocycles. The maximum Gasteiger partial charge on any atom is 0.239 e. The number of ether oxygens (including phenoxy) is 1. The smallest absolute Gasteiger partial charge is 0.239 e. The first-order valence-electron chi connectivity index (χ1n) is 6.74. The average Bonchev–Trinajstić information content (AvgIpc) is 2.45. The van der Waals surface area contributed by atoms with Gasteiger partial charge >= 0.3 is 0 Å². The Kier molecular flexibility index (Phi) is 9.01. The molecule has 1 aromatic rings. The Morgan fingerprint density at radius 2 is 1.95 bits per heavy atom. The van der Waals surface area contributed by atoms with Crippen molar-refractivity contribution in [2.45, 2.75) is 26.3 Å². The molecule has 0 radical (unpaired) electrons. The van der Waals surface area contributed by atoms with E-state index in [1.165, 1.54) is 0 Å². The number of amides is 1. The van der Waals surface area contributed by atoms with Crippen LogP contribution in [0.5, 0.6) is 5.75 Å². The summed E-state index contributed by atoms with van der Waals surface area (Å²) in [5.41, 5.74) is 5.92. The molecule has 0 spiro atoms. The lowest BCUT2D eigenvalue weighted by Gasteiger charge is -2.24. The van der Waals surface area contributed by atoms with E-state index in [1.807, 2.05) is 44.2 Å². The molecule has 0 aliphatic rings. The van der Waals surface area contributed by atoms with E-state index in [1.54, 1.807) is 11.9 Å². The van der Waals surface area contributed by atoms with Crippen LogP contribution >= 0.6 is 12.4 Å². The van der Waals surface area contributed by atoms with Crippen LogP contribution in [0.2, 0.25) is 0 Å². The van der Waals surface area contributed by atoms with Gasteiger partial charge in [0, 0.05) is 7.05 Å². The second kappa shape index (κ2) is 9.61. The van der Waals surface area contributed by atoms with Crippen LogP contribution in [0, 0.1) is 5.92 Å². The van der Waals surface area contributed by atoms with Crippen LogP contribution in [-0.2, 0) is 4.79 Å². The molecule has 0 saturated heterocycles. The van der Waals surface area contributed by atoms with Gasteiger partial charge in [0.15, 0.2) is 0 Å². The van der Waals surface area contributed by atoms with Crippen LogP contribution in [0.15, 0.2) is 30.3 Å². The van der Waals surface area contributed by atoms with Crippen LogP contribution < -0.4 is 10.5 Å². The number of halogens is 1. The molecule has 1 amide bonds. The second-order valence-electron chi connectivity index (χ2n) is 4.83. The summed E-state index contributed by atoms with van der Waals surface area (Å²) in [6.07, 6.45) is 0.904. The van der Waals surface area contributed by atoms with E-state index >= 15 is 0 Å². The van der Waals surface area contributed by atoms with Gasteiger partial charge in [-0.3, -0.25) is 4.79 Å². The Morgan fingerprint density at radius 1 is 1.35 bits per heavy atom. The van der Waals surface area contributed by atoms with Gasteiger partial charge in [-0.25, -0.2) is 0 Å². The molecule has 1 aromatic carbocycles. The van der Waals surface area contributed by atoms with Crippen molar-refractivity contribution < 1.29 is 9.53 Å². The molecule has 0 aliphatic heterocycles. The molecule has 2 unspecified atom stereocenters. The summed E-state index contributed by atoms with van der Waals surface area (Å²) in [6, 6.07) is 9.14. The minimum atomic E-state index is -0.424. The molecule has 4 nitrogen and oxygen atoms in total. The molecule has 1 rings (SSSR count). The van der Waals surface area contributed by atoms with Crippen LogP contribution in [-0.4, -0.2) is 37.0 Å². The minimum absolute atomic E-state index is 0. The summed E-state index contributed by atoms with van der Waals surface area (Å²) in [7, 11) is 1.76. The van der Waals surface area contributed by atoms with Gasteiger partial charge in [0.25, 0.3) is 0 Å². The SMILES string of the molecule is CCC(C)C(N)C(=O)N(C)CCOc1ccccc1.Cl. The van der Waals surface area contributed by atoms with Crippen molar-refractivity contribution in [1.29, 1.82) is 0 Å². The van der Waals surface area contributed by atoms with Gasteiger partial charge in [-0.15, -0.1) is 12.4 Å². The lowest BCUT2D eigenvalue weighted by atomic mass is 9.99. The molecule has 2 N–H and O–H groups in total. The number of nitrogens with zero attached hydrogens (tertiary/aromatic N) is 1. The monoisotopic (exact) mass is 300 g/mol. The number of nitrogens with two attached hydrogens (primary N) is 1. The molecule has 0 bridgehead atoms. The number of carbonyl (C=O) groups excluding carboxylic acids is 1. The molecular weight excluding hydrogens is 276 g/mol. The molecular formula is C15H25ClN2O2. The van der Waals surface area contributed by atoms with Gasteiger partial charge in [0.1, 0.15) is 12.4 Å². The van der Waals surface area contributed by atoms with Crippen LogP contribution in [0.3, 0.4) is 0 Å². The van der Waals surface area contributed by atoms with Gasteiger partial charge in [-0.1, -0.05) is 38.5 Å². The lowest BCUT2D eigenvalue weighted by molar-refractivity contribution is -0.132. The summed E-state index contributed by atoms with van der Waals surface area (Å²) < 4.78 is 5.56. The number of likely N-dealkylation sites (N-methyl/N-ethyl adjacent to an activating group) is 1. The third-order valence-electron chi connectivity index (χ3n) is 3.36. The molecule has 20 heavy (non-hydrogen) atoms. The summed E-state index contributed by atoms with van der Waals surface area (Å²) in [5, 5.41) is 0. The predicted octanol–water partition coefficient (Wildman–Crippen LogP) is 2.32. The van der Waals surface area contributed by atoms with E-state index in [4.69, 9.17) is 10.5 Å². The van der Waals surface area contributed by atoms with E-state index in [2.05, 4.69) is 0 Å². The highest BCUT2D eigenvalue weighted by Crippen LogP contribution is 2.09.